The Bertz CT molecular complexity index is 437. The largest absolute Gasteiger partial charge is 0.307 e. The van der Waals surface area contributed by atoms with Crippen molar-refractivity contribution in [2.45, 2.75) is 26.8 Å². The van der Waals surface area contributed by atoms with Crippen LogP contribution in [0.2, 0.25) is 0 Å². The van der Waals surface area contributed by atoms with Crippen LogP contribution < -0.4 is 5.32 Å². The Balaban J connectivity index is 2.33. The van der Waals surface area contributed by atoms with Crippen LogP contribution in [0, 0.1) is 13.8 Å². The fourth-order valence-corrected chi connectivity index (χ4v) is 2.15. The van der Waals surface area contributed by atoms with Crippen LogP contribution in [-0.4, -0.2) is 6.54 Å². The molecule has 0 fully saturated rings. The summed E-state index contributed by atoms with van der Waals surface area (Å²) in [5, 5.41) is 3.55. The van der Waals surface area contributed by atoms with E-state index in [-0.39, 0.29) is 6.04 Å². The van der Waals surface area contributed by atoms with E-state index in [9.17, 15) is 0 Å². The predicted molar refractivity (Wildman–Crippen MR) is 77.9 cm³/mol. The molecule has 0 unspecified atom stereocenters. The molecular weight excluding hydrogens is 218 g/mol. The lowest BCUT2D eigenvalue weighted by molar-refractivity contribution is 0.630. The number of hydrogen-bond donors (Lipinski definition) is 1. The van der Waals surface area contributed by atoms with E-state index in [2.05, 4.69) is 74.6 Å². The Hall–Kier alpha value is -1.60. The van der Waals surface area contributed by atoms with Gasteiger partial charge in [0, 0.05) is 0 Å². The summed E-state index contributed by atoms with van der Waals surface area (Å²) in [5.74, 6) is 0. The minimum Gasteiger partial charge on any atom is -0.307 e. The lowest BCUT2D eigenvalue weighted by atomic mass is 9.97. The summed E-state index contributed by atoms with van der Waals surface area (Å²) < 4.78 is 0. The van der Waals surface area contributed by atoms with Crippen molar-refractivity contribution in [3.8, 4) is 0 Å². The molecule has 0 saturated carbocycles. The van der Waals surface area contributed by atoms with Gasteiger partial charge in [0.25, 0.3) is 0 Å². The van der Waals surface area contributed by atoms with E-state index in [1.807, 2.05) is 0 Å². The molecule has 1 nitrogen and oxygen atoms in total. The molecule has 0 saturated heterocycles. The molecule has 1 heteroatoms. The van der Waals surface area contributed by atoms with Crippen molar-refractivity contribution in [3.05, 3.63) is 70.8 Å². The zero-order valence-electron chi connectivity index (χ0n) is 11.4. The first kappa shape index (κ1) is 12.8. The average Bonchev–Trinajstić information content (AvgIpc) is 2.39. The van der Waals surface area contributed by atoms with Gasteiger partial charge in [0.15, 0.2) is 0 Å². The van der Waals surface area contributed by atoms with E-state index in [1.165, 1.54) is 22.3 Å². The van der Waals surface area contributed by atoms with Crippen molar-refractivity contribution in [3.63, 3.8) is 0 Å². The van der Waals surface area contributed by atoms with Crippen molar-refractivity contribution >= 4 is 0 Å². The summed E-state index contributed by atoms with van der Waals surface area (Å²) in [6, 6.07) is 17.8. The van der Waals surface area contributed by atoms with Crippen LogP contribution in [0.4, 0.5) is 0 Å². The third-order valence-electron chi connectivity index (χ3n) is 3.23. The first-order valence-corrected chi connectivity index (χ1v) is 6.57. The zero-order valence-corrected chi connectivity index (χ0v) is 11.4. The normalized spacial score (nSPS) is 10.9. The molecule has 0 spiro atoms. The SMILES string of the molecule is CCNC(c1ccc(C)cc1)c1ccc(C)cc1. The third kappa shape index (κ3) is 2.99. The van der Waals surface area contributed by atoms with Crippen LogP contribution >= 0.6 is 0 Å². The summed E-state index contributed by atoms with van der Waals surface area (Å²) >= 11 is 0. The molecule has 0 bridgehead atoms. The molecule has 1 N–H and O–H groups in total. The van der Waals surface area contributed by atoms with Gasteiger partial charge in [-0.05, 0) is 31.5 Å². The van der Waals surface area contributed by atoms with Crippen molar-refractivity contribution in [1.29, 1.82) is 0 Å². The topological polar surface area (TPSA) is 12.0 Å². The fraction of sp³-hybridized carbons (Fsp3) is 0.294. The van der Waals surface area contributed by atoms with E-state index < -0.39 is 0 Å². The van der Waals surface area contributed by atoms with Crippen molar-refractivity contribution in [2.24, 2.45) is 0 Å². The molecule has 18 heavy (non-hydrogen) atoms. The molecule has 0 aliphatic carbocycles. The Labute approximate surface area is 110 Å². The first-order valence-electron chi connectivity index (χ1n) is 6.57. The zero-order chi connectivity index (χ0) is 13.0. The van der Waals surface area contributed by atoms with Crippen LogP contribution in [0.3, 0.4) is 0 Å². The number of hydrogen-bond acceptors (Lipinski definition) is 1. The lowest BCUT2D eigenvalue weighted by Gasteiger charge is -2.19. The second kappa shape index (κ2) is 5.83. The number of aryl methyl sites for hydroxylation is 2. The van der Waals surface area contributed by atoms with Crippen LogP contribution in [-0.2, 0) is 0 Å². The summed E-state index contributed by atoms with van der Waals surface area (Å²) in [6.07, 6.45) is 0. The van der Waals surface area contributed by atoms with E-state index in [0.29, 0.717) is 0 Å². The molecule has 0 radical (unpaired) electrons. The first-order chi connectivity index (χ1) is 8.70. The molecule has 0 heterocycles. The maximum absolute atomic E-state index is 3.55. The molecule has 0 amide bonds. The number of benzene rings is 2. The second-order valence-electron chi connectivity index (χ2n) is 4.81. The second-order valence-corrected chi connectivity index (χ2v) is 4.81. The van der Waals surface area contributed by atoms with E-state index in [1.54, 1.807) is 0 Å². The quantitative estimate of drug-likeness (QED) is 0.850. The molecule has 0 aliphatic rings. The molecule has 0 aromatic heterocycles. The summed E-state index contributed by atoms with van der Waals surface area (Å²) in [6.45, 7) is 7.36. The maximum atomic E-state index is 3.55. The van der Waals surface area contributed by atoms with Crippen molar-refractivity contribution < 1.29 is 0 Å². The molecule has 2 aromatic carbocycles. The predicted octanol–water partition coefficient (Wildman–Crippen LogP) is 4.00. The fourth-order valence-electron chi connectivity index (χ4n) is 2.15. The lowest BCUT2D eigenvalue weighted by Crippen LogP contribution is -2.21. The number of rotatable bonds is 4. The standard InChI is InChI=1S/C17H21N/c1-4-18-17(15-9-5-13(2)6-10-15)16-11-7-14(3)8-12-16/h5-12,17-18H,4H2,1-3H3. The number of nitrogens with one attached hydrogen (secondary N) is 1. The van der Waals surface area contributed by atoms with Gasteiger partial charge in [-0.25, -0.2) is 0 Å². The van der Waals surface area contributed by atoms with Gasteiger partial charge < -0.3 is 5.32 Å². The molecule has 2 rings (SSSR count). The average molecular weight is 239 g/mol. The highest BCUT2D eigenvalue weighted by atomic mass is 14.9. The Kier molecular flexibility index (Phi) is 4.16. The highest BCUT2D eigenvalue weighted by molar-refractivity contribution is 5.34. The molecule has 2 aromatic rings. The van der Waals surface area contributed by atoms with Gasteiger partial charge in [-0.15, -0.1) is 0 Å². The highest BCUT2D eigenvalue weighted by Crippen LogP contribution is 2.22. The van der Waals surface area contributed by atoms with E-state index in [0.717, 1.165) is 6.54 Å². The highest BCUT2D eigenvalue weighted by Gasteiger charge is 2.12. The van der Waals surface area contributed by atoms with Gasteiger partial charge in [0.1, 0.15) is 0 Å². The summed E-state index contributed by atoms with van der Waals surface area (Å²) in [5.41, 5.74) is 5.26. The van der Waals surface area contributed by atoms with Crippen LogP contribution in [0.15, 0.2) is 48.5 Å². The molecule has 94 valence electrons. The summed E-state index contributed by atoms with van der Waals surface area (Å²) in [7, 11) is 0. The Morgan fingerprint density at radius 1 is 0.778 bits per heavy atom. The third-order valence-corrected chi connectivity index (χ3v) is 3.23. The van der Waals surface area contributed by atoms with Gasteiger partial charge in [0.2, 0.25) is 0 Å². The summed E-state index contributed by atoms with van der Waals surface area (Å²) in [4.78, 5) is 0. The van der Waals surface area contributed by atoms with Crippen LogP contribution in [0.25, 0.3) is 0 Å². The molecular formula is C17H21N. The van der Waals surface area contributed by atoms with Gasteiger partial charge >= 0.3 is 0 Å². The molecule has 0 atom stereocenters. The maximum Gasteiger partial charge on any atom is 0.0576 e. The minimum atomic E-state index is 0.288. The van der Waals surface area contributed by atoms with E-state index >= 15 is 0 Å². The van der Waals surface area contributed by atoms with Gasteiger partial charge in [0.05, 0.1) is 6.04 Å². The van der Waals surface area contributed by atoms with E-state index in [4.69, 9.17) is 0 Å². The Morgan fingerprint density at radius 2 is 1.17 bits per heavy atom. The van der Waals surface area contributed by atoms with Crippen molar-refractivity contribution in [2.75, 3.05) is 6.54 Å². The van der Waals surface area contributed by atoms with Gasteiger partial charge in [-0.1, -0.05) is 66.6 Å². The van der Waals surface area contributed by atoms with Crippen LogP contribution in [0.5, 0.6) is 0 Å². The monoisotopic (exact) mass is 239 g/mol. The Morgan fingerprint density at radius 3 is 1.50 bits per heavy atom. The minimum absolute atomic E-state index is 0.288. The van der Waals surface area contributed by atoms with Crippen molar-refractivity contribution in [1.82, 2.24) is 5.32 Å². The van der Waals surface area contributed by atoms with Gasteiger partial charge in [-0.3, -0.25) is 0 Å². The molecule has 0 aliphatic heterocycles. The van der Waals surface area contributed by atoms with Crippen LogP contribution in [0.1, 0.15) is 35.2 Å². The van der Waals surface area contributed by atoms with Gasteiger partial charge in [-0.2, -0.15) is 0 Å². The smallest absolute Gasteiger partial charge is 0.0576 e.